The molecule has 0 saturated heterocycles. The molecule has 0 spiro atoms. The lowest BCUT2D eigenvalue weighted by Gasteiger charge is -2.28. The molecule has 2 saturated carbocycles. The first-order valence-electron chi connectivity index (χ1n) is 7.78. The van der Waals surface area contributed by atoms with E-state index in [0.29, 0.717) is 18.6 Å². The summed E-state index contributed by atoms with van der Waals surface area (Å²) in [6.45, 7) is 2.73. The molecule has 0 bridgehead atoms. The first-order chi connectivity index (χ1) is 8.75. The van der Waals surface area contributed by atoms with Crippen LogP contribution in [0.1, 0.15) is 64.7 Å². The SMILES string of the molecule is C[C@H](NCC(=O)NC1CCCC1)C1CCCCC1. The molecular weight excluding hydrogens is 224 g/mol. The van der Waals surface area contributed by atoms with Gasteiger partial charge in [0.15, 0.2) is 0 Å². The van der Waals surface area contributed by atoms with Crippen molar-refractivity contribution in [3.05, 3.63) is 0 Å². The molecule has 1 atom stereocenters. The smallest absolute Gasteiger partial charge is 0.234 e. The van der Waals surface area contributed by atoms with Gasteiger partial charge in [-0.2, -0.15) is 0 Å². The molecule has 0 aromatic carbocycles. The van der Waals surface area contributed by atoms with E-state index in [2.05, 4.69) is 17.6 Å². The molecule has 2 N–H and O–H groups in total. The van der Waals surface area contributed by atoms with Crippen LogP contribution in [-0.2, 0) is 4.79 Å². The Morgan fingerprint density at radius 2 is 1.67 bits per heavy atom. The van der Waals surface area contributed by atoms with Crippen molar-refractivity contribution in [3.63, 3.8) is 0 Å². The fraction of sp³-hybridized carbons (Fsp3) is 0.933. The van der Waals surface area contributed by atoms with Crippen LogP contribution in [0.3, 0.4) is 0 Å². The van der Waals surface area contributed by atoms with Crippen molar-refractivity contribution in [2.75, 3.05) is 6.54 Å². The first-order valence-corrected chi connectivity index (χ1v) is 7.78. The van der Waals surface area contributed by atoms with Crippen molar-refractivity contribution >= 4 is 5.91 Å². The van der Waals surface area contributed by atoms with E-state index in [0.717, 1.165) is 5.92 Å². The van der Waals surface area contributed by atoms with Gasteiger partial charge in [-0.05, 0) is 38.5 Å². The molecule has 2 aliphatic rings. The van der Waals surface area contributed by atoms with Crippen LogP contribution in [-0.4, -0.2) is 24.5 Å². The fourth-order valence-electron chi connectivity index (χ4n) is 3.40. The maximum Gasteiger partial charge on any atom is 0.234 e. The highest BCUT2D eigenvalue weighted by Gasteiger charge is 2.21. The molecule has 2 rings (SSSR count). The molecule has 0 heterocycles. The van der Waals surface area contributed by atoms with Gasteiger partial charge in [-0.15, -0.1) is 0 Å². The molecule has 0 aromatic rings. The third-order valence-electron chi connectivity index (χ3n) is 4.66. The van der Waals surface area contributed by atoms with Crippen LogP contribution in [0.2, 0.25) is 0 Å². The number of amides is 1. The molecule has 2 fully saturated rings. The quantitative estimate of drug-likeness (QED) is 0.789. The van der Waals surface area contributed by atoms with Crippen molar-refractivity contribution in [2.45, 2.75) is 76.8 Å². The van der Waals surface area contributed by atoms with Crippen LogP contribution in [0.15, 0.2) is 0 Å². The molecule has 3 heteroatoms. The Labute approximate surface area is 111 Å². The zero-order chi connectivity index (χ0) is 12.8. The minimum atomic E-state index is 0.185. The van der Waals surface area contributed by atoms with Crippen LogP contribution in [0.25, 0.3) is 0 Å². The highest BCUT2D eigenvalue weighted by Crippen LogP contribution is 2.26. The second kappa shape index (κ2) is 7.13. The Morgan fingerprint density at radius 1 is 1.06 bits per heavy atom. The van der Waals surface area contributed by atoms with Gasteiger partial charge in [-0.25, -0.2) is 0 Å². The average Bonchev–Trinajstić information content (AvgIpc) is 2.90. The minimum Gasteiger partial charge on any atom is -0.352 e. The summed E-state index contributed by atoms with van der Waals surface area (Å²) in [6, 6.07) is 0.934. The van der Waals surface area contributed by atoms with E-state index < -0.39 is 0 Å². The number of hydrogen-bond donors (Lipinski definition) is 2. The van der Waals surface area contributed by atoms with E-state index >= 15 is 0 Å². The molecule has 104 valence electrons. The predicted molar refractivity (Wildman–Crippen MR) is 74.4 cm³/mol. The summed E-state index contributed by atoms with van der Waals surface area (Å²) in [7, 11) is 0. The third kappa shape index (κ3) is 4.27. The zero-order valence-electron chi connectivity index (χ0n) is 11.7. The lowest BCUT2D eigenvalue weighted by molar-refractivity contribution is -0.121. The second-order valence-corrected chi connectivity index (χ2v) is 6.12. The largest absolute Gasteiger partial charge is 0.352 e. The molecule has 0 unspecified atom stereocenters. The molecule has 18 heavy (non-hydrogen) atoms. The van der Waals surface area contributed by atoms with E-state index in [1.165, 1.54) is 57.8 Å². The molecular formula is C15H28N2O. The van der Waals surface area contributed by atoms with E-state index in [1.807, 2.05) is 0 Å². The molecule has 3 nitrogen and oxygen atoms in total. The van der Waals surface area contributed by atoms with E-state index in [4.69, 9.17) is 0 Å². The normalized spacial score (nSPS) is 24.1. The molecule has 1 amide bonds. The number of carbonyl (C=O) groups is 1. The summed E-state index contributed by atoms with van der Waals surface area (Å²) in [5.41, 5.74) is 0. The summed E-state index contributed by atoms with van der Waals surface area (Å²) in [5, 5.41) is 6.55. The van der Waals surface area contributed by atoms with Gasteiger partial charge in [0, 0.05) is 12.1 Å². The van der Waals surface area contributed by atoms with Crippen LogP contribution in [0, 0.1) is 5.92 Å². The number of nitrogens with one attached hydrogen (secondary N) is 2. The molecule has 0 radical (unpaired) electrons. The van der Waals surface area contributed by atoms with Gasteiger partial charge >= 0.3 is 0 Å². The Bertz CT molecular complexity index is 255. The van der Waals surface area contributed by atoms with E-state index in [9.17, 15) is 4.79 Å². The zero-order valence-corrected chi connectivity index (χ0v) is 11.7. The predicted octanol–water partition coefficient (Wildman–Crippen LogP) is 2.60. The van der Waals surface area contributed by atoms with Crippen molar-refractivity contribution in [1.82, 2.24) is 10.6 Å². The monoisotopic (exact) mass is 252 g/mol. The van der Waals surface area contributed by atoms with Crippen molar-refractivity contribution in [3.8, 4) is 0 Å². The highest BCUT2D eigenvalue weighted by atomic mass is 16.1. The standard InChI is InChI=1S/C15H28N2O/c1-12(13-7-3-2-4-8-13)16-11-15(18)17-14-9-5-6-10-14/h12-14,16H,2-11H2,1H3,(H,17,18)/t12-/m0/s1. The van der Waals surface area contributed by atoms with Crippen LogP contribution in [0.4, 0.5) is 0 Å². The lowest BCUT2D eigenvalue weighted by atomic mass is 9.84. The Hall–Kier alpha value is -0.570. The van der Waals surface area contributed by atoms with Gasteiger partial charge in [0.05, 0.1) is 6.54 Å². The van der Waals surface area contributed by atoms with Crippen LogP contribution < -0.4 is 10.6 Å². The van der Waals surface area contributed by atoms with Gasteiger partial charge in [0.25, 0.3) is 0 Å². The number of hydrogen-bond acceptors (Lipinski definition) is 2. The van der Waals surface area contributed by atoms with Crippen LogP contribution in [0.5, 0.6) is 0 Å². The average molecular weight is 252 g/mol. The van der Waals surface area contributed by atoms with Gasteiger partial charge in [0.1, 0.15) is 0 Å². The van der Waals surface area contributed by atoms with Gasteiger partial charge < -0.3 is 10.6 Å². The summed E-state index contributed by atoms with van der Waals surface area (Å²) < 4.78 is 0. The molecule has 0 aliphatic heterocycles. The third-order valence-corrected chi connectivity index (χ3v) is 4.66. The molecule has 2 aliphatic carbocycles. The maximum absolute atomic E-state index is 11.8. The van der Waals surface area contributed by atoms with Gasteiger partial charge in [-0.1, -0.05) is 32.1 Å². The number of rotatable bonds is 5. The summed E-state index contributed by atoms with van der Waals surface area (Å²) in [4.78, 5) is 11.8. The molecule has 0 aromatic heterocycles. The Morgan fingerprint density at radius 3 is 2.33 bits per heavy atom. The van der Waals surface area contributed by atoms with E-state index in [-0.39, 0.29) is 5.91 Å². The first kappa shape index (κ1) is 13.9. The van der Waals surface area contributed by atoms with Gasteiger partial charge in [-0.3, -0.25) is 4.79 Å². The summed E-state index contributed by atoms with van der Waals surface area (Å²) in [5.74, 6) is 0.961. The van der Waals surface area contributed by atoms with Crippen LogP contribution >= 0.6 is 0 Å². The van der Waals surface area contributed by atoms with E-state index in [1.54, 1.807) is 0 Å². The topological polar surface area (TPSA) is 41.1 Å². The summed E-state index contributed by atoms with van der Waals surface area (Å²) in [6.07, 6.45) is 11.7. The summed E-state index contributed by atoms with van der Waals surface area (Å²) >= 11 is 0. The number of carbonyl (C=O) groups excluding carboxylic acids is 1. The second-order valence-electron chi connectivity index (χ2n) is 6.12. The fourth-order valence-corrected chi connectivity index (χ4v) is 3.40. The van der Waals surface area contributed by atoms with Gasteiger partial charge in [0.2, 0.25) is 5.91 Å². The highest BCUT2D eigenvalue weighted by molar-refractivity contribution is 5.78. The van der Waals surface area contributed by atoms with Crippen molar-refractivity contribution in [2.24, 2.45) is 5.92 Å². The van der Waals surface area contributed by atoms with Crippen molar-refractivity contribution < 1.29 is 4.79 Å². The lowest BCUT2D eigenvalue weighted by Crippen LogP contribution is -2.44. The Kier molecular flexibility index (Phi) is 5.48. The minimum absolute atomic E-state index is 0.185. The maximum atomic E-state index is 11.8. The van der Waals surface area contributed by atoms with Crippen molar-refractivity contribution in [1.29, 1.82) is 0 Å². The Balaban J connectivity index is 1.61.